The van der Waals surface area contributed by atoms with Crippen LogP contribution in [0, 0.1) is 0 Å². The normalized spacial score (nSPS) is 19.8. The molecule has 1 aromatic heterocycles. The second kappa shape index (κ2) is 5.45. The monoisotopic (exact) mass is 235 g/mol. The summed E-state index contributed by atoms with van der Waals surface area (Å²) in [4.78, 5) is 8.75. The largest absolute Gasteiger partial charge is 0.384 e. The van der Waals surface area contributed by atoms with Gasteiger partial charge in [-0.25, -0.2) is 9.97 Å². The van der Waals surface area contributed by atoms with Crippen molar-refractivity contribution < 1.29 is 4.74 Å². The van der Waals surface area contributed by atoms with Gasteiger partial charge in [0.05, 0.1) is 0 Å². The van der Waals surface area contributed by atoms with E-state index in [4.69, 9.17) is 10.5 Å². The Labute approximate surface area is 103 Å². The molecule has 1 aromatic rings. The van der Waals surface area contributed by atoms with Crippen LogP contribution in [-0.4, -0.2) is 16.6 Å². The smallest absolute Gasteiger partial charge is 0.162 e. The van der Waals surface area contributed by atoms with Crippen LogP contribution in [0.25, 0.3) is 0 Å². The molecule has 94 valence electrons. The van der Waals surface area contributed by atoms with E-state index in [0.717, 1.165) is 18.7 Å². The fourth-order valence-electron chi connectivity index (χ4n) is 2.60. The molecule has 0 unspecified atom stereocenters. The summed E-state index contributed by atoms with van der Waals surface area (Å²) >= 11 is 0. The first-order chi connectivity index (χ1) is 8.27. The summed E-state index contributed by atoms with van der Waals surface area (Å²) in [5.41, 5.74) is 5.45. The van der Waals surface area contributed by atoms with Crippen LogP contribution in [0.1, 0.15) is 51.3 Å². The average Bonchev–Trinajstić information content (AvgIpc) is 2.56. The van der Waals surface area contributed by atoms with Crippen molar-refractivity contribution in [3.8, 4) is 0 Å². The predicted molar refractivity (Wildman–Crippen MR) is 67.5 cm³/mol. The molecule has 0 spiro atoms. The van der Waals surface area contributed by atoms with E-state index in [1.54, 1.807) is 12.3 Å². The number of anilines is 1. The van der Waals surface area contributed by atoms with Crippen molar-refractivity contribution in [3.63, 3.8) is 0 Å². The molecule has 4 nitrogen and oxygen atoms in total. The van der Waals surface area contributed by atoms with Gasteiger partial charge in [-0.05, 0) is 25.8 Å². The van der Waals surface area contributed by atoms with Gasteiger partial charge < -0.3 is 10.5 Å². The Morgan fingerprint density at radius 3 is 2.59 bits per heavy atom. The third-order valence-electron chi connectivity index (χ3n) is 3.42. The Kier molecular flexibility index (Phi) is 3.94. The highest BCUT2D eigenvalue weighted by molar-refractivity contribution is 5.26. The SMILES string of the molecule is CCOC1(c2nccc(N)n2)CCCCCC1. The number of aromatic nitrogens is 2. The molecule has 0 atom stereocenters. The first-order valence-corrected chi connectivity index (χ1v) is 6.50. The fraction of sp³-hybridized carbons (Fsp3) is 0.692. The van der Waals surface area contributed by atoms with Crippen LogP contribution in [0.2, 0.25) is 0 Å². The molecule has 0 bridgehead atoms. The van der Waals surface area contributed by atoms with Gasteiger partial charge in [-0.2, -0.15) is 0 Å². The van der Waals surface area contributed by atoms with Crippen LogP contribution in [0.4, 0.5) is 5.82 Å². The van der Waals surface area contributed by atoms with Gasteiger partial charge in [-0.3, -0.25) is 0 Å². The summed E-state index contributed by atoms with van der Waals surface area (Å²) in [5.74, 6) is 1.29. The lowest BCUT2D eigenvalue weighted by Gasteiger charge is -2.31. The molecular formula is C13H21N3O. The number of rotatable bonds is 3. The molecule has 0 aliphatic heterocycles. The number of nitrogens with zero attached hydrogens (tertiary/aromatic N) is 2. The summed E-state index contributed by atoms with van der Waals surface area (Å²) in [7, 11) is 0. The van der Waals surface area contributed by atoms with Crippen LogP contribution >= 0.6 is 0 Å². The highest BCUT2D eigenvalue weighted by Gasteiger charge is 2.36. The van der Waals surface area contributed by atoms with Crippen LogP contribution < -0.4 is 5.73 Å². The van der Waals surface area contributed by atoms with Crippen LogP contribution in [-0.2, 0) is 10.3 Å². The summed E-state index contributed by atoms with van der Waals surface area (Å²) in [5, 5.41) is 0. The van der Waals surface area contributed by atoms with Gasteiger partial charge in [0.1, 0.15) is 11.4 Å². The maximum atomic E-state index is 6.01. The zero-order valence-electron chi connectivity index (χ0n) is 10.5. The molecule has 0 saturated heterocycles. The van der Waals surface area contributed by atoms with E-state index in [1.807, 2.05) is 6.92 Å². The minimum absolute atomic E-state index is 0.305. The zero-order chi connectivity index (χ0) is 12.1. The minimum Gasteiger partial charge on any atom is -0.384 e. The topological polar surface area (TPSA) is 61.0 Å². The maximum absolute atomic E-state index is 6.01. The molecule has 0 radical (unpaired) electrons. The molecule has 0 aromatic carbocycles. The highest BCUT2D eigenvalue weighted by atomic mass is 16.5. The Hall–Kier alpha value is -1.16. The highest BCUT2D eigenvalue weighted by Crippen LogP contribution is 2.37. The van der Waals surface area contributed by atoms with Crippen molar-refractivity contribution in [1.82, 2.24) is 9.97 Å². The van der Waals surface area contributed by atoms with E-state index in [-0.39, 0.29) is 5.60 Å². The van der Waals surface area contributed by atoms with Crippen LogP contribution in [0.15, 0.2) is 12.3 Å². The van der Waals surface area contributed by atoms with Crippen molar-refractivity contribution in [3.05, 3.63) is 18.1 Å². The quantitative estimate of drug-likeness (QED) is 0.818. The molecule has 2 rings (SSSR count). The predicted octanol–water partition coefficient (Wildman–Crippen LogP) is 2.64. The van der Waals surface area contributed by atoms with Crippen molar-refractivity contribution >= 4 is 5.82 Å². The molecule has 17 heavy (non-hydrogen) atoms. The number of ether oxygens (including phenoxy) is 1. The molecule has 1 saturated carbocycles. The molecule has 0 amide bonds. The summed E-state index contributed by atoms with van der Waals surface area (Å²) in [6.07, 6.45) is 8.64. The standard InChI is InChI=1S/C13H21N3O/c1-2-17-13(8-5-3-4-6-9-13)12-15-10-7-11(14)16-12/h7,10H,2-6,8-9H2,1H3,(H2,14,15,16). The van der Waals surface area contributed by atoms with E-state index in [9.17, 15) is 0 Å². The van der Waals surface area contributed by atoms with Gasteiger partial charge >= 0.3 is 0 Å². The Morgan fingerprint density at radius 2 is 2.00 bits per heavy atom. The third-order valence-corrected chi connectivity index (χ3v) is 3.42. The summed E-state index contributed by atoms with van der Waals surface area (Å²) in [6.45, 7) is 2.72. The second-order valence-corrected chi connectivity index (χ2v) is 4.65. The van der Waals surface area contributed by atoms with E-state index >= 15 is 0 Å². The summed E-state index contributed by atoms with van der Waals surface area (Å²) < 4.78 is 6.01. The average molecular weight is 235 g/mol. The fourth-order valence-corrected chi connectivity index (χ4v) is 2.60. The molecule has 1 heterocycles. The molecule has 1 fully saturated rings. The van der Waals surface area contributed by atoms with E-state index in [1.165, 1.54) is 25.7 Å². The second-order valence-electron chi connectivity index (χ2n) is 4.65. The maximum Gasteiger partial charge on any atom is 0.162 e. The molecule has 2 N–H and O–H groups in total. The van der Waals surface area contributed by atoms with Gasteiger partial charge in [-0.15, -0.1) is 0 Å². The number of nitrogen functional groups attached to an aromatic ring is 1. The zero-order valence-corrected chi connectivity index (χ0v) is 10.5. The number of hydrogen-bond donors (Lipinski definition) is 1. The van der Waals surface area contributed by atoms with Gasteiger partial charge in [0.2, 0.25) is 0 Å². The van der Waals surface area contributed by atoms with Crippen molar-refractivity contribution in [2.75, 3.05) is 12.3 Å². The van der Waals surface area contributed by atoms with Gasteiger partial charge in [0.25, 0.3) is 0 Å². The first kappa shape index (κ1) is 12.3. The Morgan fingerprint density at radius 1 is 1.29 bits per heavy atom. The Bertz CT molecular complexity index is 359. The van der Waals surface area contributed by atoms with E-state index in [2.05, 4.69) is 9.97 Å². The van der Waals surface area contributed by atoms with Crippen molar-refractivity contribution in [2.45, 2.75) is 51.0 Å². The minimum atomic E-state index is -0.305. The Balaban J connectivity index is 2.31. The van der Waals surface area contributed by atoms with Gasteiger partial charge in [0, 0.05) is 12.8 Å². The lowest BCUT2D eigenvalue weighted by atomic mass is 9.93. The van der Waals surface area contributed by atoms with Gasteiger partial charge in [-0.1, -0.05) is 25.7 Å². The molecule has 1 aliphatic rings. The molecule has 4 heteroatoms. The number of hydrogen-bond acceptors (Lipinski definition) is 4. The van der Waals surface area contributed by atoms with E-state index < -0.39 is 0 Å². The van der Waals surface area contributed by atoms with Crippen molar-refractivity contribution in [2.24, 2.45) is 0 Å². The van der Waals surface area contributed by atoms with Crippen molar-refractivity contribution in [1.29, 1.82) is 0 Å². The van der Waals surface area contributed by atoms with Crippen LogP contribution in [0.3, 0.4) is 0 Å². The molecular weight excluding hydrogens is 214 g/mol. The lowest BCUT2D eigenvalue weighted by molar-refractivity contribution is -0.0623. The molecule has 1 aliphatic carbocycles. The van der Waals surface area contributed by atoms with Gasteiger partial charge in [0.15, 0.2) is 5.82 Å². The number of nitrogens with two attached hydrogens (primary N) is 1. The first-order valence-electron chi connectivity index (χ1n) is 6.50. The van der Waals surface area contributed by atoms with E-state index in [0.29, 0.717) is 12.4 Å². The van der Waals surface area contributed by atoms with Crippen LogP contribution in [0.5, 0.6) is 0 Å². The third kappa shape index (κ3) is 2.75. The summed E-state index contributed by atoms with van der Waals surface area (Å²) in [6, 6.07) is 1.72. The lowest BCUT2D eigenvalue weighted by Crippen LogP contribution is -2.32.